The quantitative estimate of drug-likeness (QED) is 0.817. The van der Waals surface area contributed by atoms with Crippen molar-refractivity contribution in [2.24, 2.45) is 11.1 Å². The van der Waals surface area contributed by atoms with Crippen LogP contribution >= 0.6 is 11.3 Å². The normalized spacial score (nSPS) is 32.8. The first kappa shape index (κ1) is 12.4. The zero-order valence-electron chi connectivity index (χ0n) is 10.6. The molecule has 0 saturated heterocycles. The van der Waals surface area contributed by atoms with Crippen molar-refractivity contribution in [2.45, 2.75) is 31.2 Å². The number of nitrogen functional groups attached to an aromatic ring is 1. The number of allylic oxidation sites excluding steroid dienone is 3. The number of nitriles is 1. The van der Waals surface area contributed by atoms with Crippen molar-refractivity contribution < 1.29 is 0 Å². The van der Waals surface area contributed by atoms with Crippen LogP contribution in [0.25, 0.3) is 0 Å². The van der Waals surface area contributed by atoms with E-state index in [-0.39, 0.29) is 0 Å². The summed E-state index contributed by atoms with van der Waals surface area (Å²) in [5, 5.41) is 10.3. The zero-order valence-corrected chi connectivity index (χ0v) is 11.4. The van der Waals surface area contributed by atoms with Gasteiger partial charge in [0.25, 0.3) is 0 Å². The standard InChI is InChI=1S/C14H16N4S/c15-9-13(5-2-1-3-6-13)14(17)7-4-10-11(8-14)19-12(16)18-10/h1-3,5H,4,6-8,17H2,(H2,16,18). The Labute approximate surface area is 116 Å². The molecular weight excluding hydrogens is 256 g/mol. The lowest BCUT2D eigenvalue weighted by Crippen LogP contribution is -2.57. The first-order valence-corrected chi connectivity index (χ1v) is 7.19. The van der Waals surface area contributed by atoms with Crippen molar-refractivity contribution in [2.75, 3.05) is 5.73 Å². The number of nitrogens with two attached hydrogens (primary N) is 2. The number of aromatic nitrogens is 1. The number of rotatable bonds is 1. The molecule has 2 aliphatic carbocycles. The van der Waals surface area contributed by atoms with Crippen LogP contribution in [0.3, 0.4) is 0 Å². The number of fused-ring (bicyclic) bond motifs is 1. The first-order chi connectivity index (χ1) is 9.09. The molecule has 5 heteroatoms. The Morgan fingerprint density at radius 2 is 2.26 bits per heavy atom. The highest BCUT2D eigenvalue weighted by Crippen LogP contribution is 2.45. The van der Waals surface area contributed by atoms with E-state index < -0.39 is 11.0 Å². The Bertz CT molecular complexity index is 609. The lowest BCUT2D eigenvalue weighted by Gasteiger charge is -2.44. The fourth-order valence-corrected chi connectivity index (χ4v) is 4.02. The van der Waals surface area contributed by atoms with E-state index in [0.717, 1.165) is 23.4 Å². The summed E-state index contributed by atoms with van der Waals surface area (Å²) >= 11 is 1.50. The van der Waals surface area contributed by atoms with Gasteiger partial charge >= 0.3 is 0 Å². The summed E-state index contributed by atoms with van der Waals surface area (Å²) < 4.78 is 0. The van der Waals surface area contributed by atoms with Crippen molar-refractivity contribution in [3.63, 3.8) is 0 Å². The van der Waals surface area contributed by atoms with E-state index in [4.69, 9.17) is 11.5 Å². The van der Waals surface area contributed by atoms with Crippen LogP contribution < -0.4 is 11.5 Å². The summed E-state index contributed by atoms with van der Waals surface area (Å²) in [6.45, 7) is 0. The van der Waals surface area contributed by atoms with Gasteiger partial charge in [-0.3, -0.25) is 0 Å². The topological polar surface area (TPSA) is 88.7 Å². The van der Waals surface area contributed by atoms with Crippen molar-refractivity contribution in [3.8, 4) is 6.07 Å². The molecule has 2 aliphatic rings. The maximum absolute atomic E-state index is 9.66. The monoisotopic (exact) mass is 272 g/mol. The minimum absolute atomic E-state index is 0.533. The van der Waals surface area contributed by atoms with Gasteiger partial charge in [0.1, 0.15) is 0 Å². The number of thiazole rings is 1. The van der Waals surface area contributed by atoms with Gasteiger partial charge in [0, 0.05) is 16.8 Å². The van der Waals surface area contributed by atoms with E-state index in [9.17, 15) is 5.26 Å². The van der Waals surface area contributed by atoms with Gasteiger partial charge in [-0.05, 0) is 19.3 Å². The van der Waals surface area contributed by atoms with Crippen molar-refractivity contribution >= 4 is 16.5 Å². The molecule has 0 aromatic carbocycles. The fourth-order valence-electron chi connectivity index (χ4n) is 3.02. The third-order valence-electron chi connectivity index (χ3n) is 4.23. The number of hydrogen-bond acceptors (Lipinski definition) is 5. The van der Waals surface area contributed by atoms with Gasteiger partial charge in [-0.1, -0.05) is 24.3 Å². The van der Waals surface area contributed by atoms with Crippen LogP contribution in [0.5, 0.6) is 0 Å². The second kappa shape index (κ2) is 4.19. The molecule has 0 spiro atoms. The third-order valence-corrected chi connectivity index (χ3v) is 5.16. The van der Waals surface area contributed by atoms with Gasteiger partial charge < -0.3 is 11.5 Å². The Hall–Kier alpha value is -1.64. The Kier molecular flexibility index (Phi) is 2.73. The van der Waals surface area contributed by atoms with Crippen LogP contribution in [0.2, 0.25) is 0 Å². The summed E-state index contributed by atoms with van der Waals surface area (Å²) in [5.41, 5.74) is 12.3. The molecular formula is C14H16N4S. The molecule has 2 unspecified atom stereocenters. The number of aryl methyl sites for hydroxylation is 1. The molecule has 98 valence electrons. The van der Waals surface area contributed by atoms with Crippen LogP contribution in [0.15, 0.2) is 24.3 Å². The highest BCUT2D eigenvalue weighted by atomic mass is 32.1. The van der Waals surface area contributed by atoms with Crippen LogP contribution in [0.1, 0.15) is 23.4 Å². The molecule has 4 nitrogen and oxygen atoms in total. The minimum Gasteiger partial charge on any atom is -0.375 e. The third kappa shape index (κ3) is 1.79. The predicted octanol–water partition coefficient (Wildman–Crippen LogP) is 1.94. The largest absolute Gasteiger partial charge is 0.375 e. The van der Waals surface area contributed by atoms with E-state index in [1.165, 1.54) is 11.3 Å². The summed E-state index contributed by atoms with van der Waals surface area (Å²) in [4.78, 5) is 5.48. The molecule has 0 bridgehead atoms. The molecule has 0 saturated carbocycles. The van der Waals surface area contributed by atoms with E-state index in [2.05, 4.69) is 11.1 Å². The van der Waals surface area contributed by atoms with Crippen LogP contribution in [-0.2, 0) is 12.8 Å². The van der Waals surface area contributed by atoms with Crippen molar-refractivity contribution in [3.05, 3.63) is 34.9 Å². The molecule has 1 heterocycles. The summed E-state index contributed by atoms with van der Waals surface area (Å²) in [6.07, 6.45) is 10.8. The summed E-state index contributed by atoms with van der Waals surface area (Å²) in [6, 6.07) is 2.46. The first-order valence-electron chi connectivity index (χ1n) is 6.37. The van der Waals surface area contributed by atoms with E-state index in [1.807, 2.05) is 24.3 Å². The minimum atomic E-state index is -0.613. The molecule has 3 rings (SSSR count). The van der Waals surface area contributed by atoms with E-state index in [1.54, 1.807) is 0 Å². The lowest BCUT2D eigenvalue weighted by molar-refractivity contribution is 0.217. The van der Waals surface area contributed by atoms with Crippen LogP contribution in [0.4, 0.5) is 5.13 Å². The predicted molar refractivity (Wildman–Crippen MR) is 76.4 cm³/mol. The Morgan fingerprint density at radius 1 is 1.42 bits per heavy atom. The Balaban J connectivity index is 1.99. The zero-order chi connectivity index (χ0) is 13.5. The lowest BCUT2D eigenvalue weighted by atomic mass is 9.62. The van der Waals surface area contributed by atoms with Crippen LogP contribution in [-0.4, -0.2) is 10.5 Å². The molecule has 2 atom stereocenters. The van der Waals surface area contributed by atoms with E-state index >= 15 is 0 Å². The second-order valence-corrected chi connectivity index (χ2v) is 6.44. The molecule has 19 heavy (non-hydrogen) atoms. The van der Waals surface area contributed by atoms with Gasteiger partial charge in [-0.2, -0.15) is 5.26 Å². The highest BCUT2D eigenvalue weighted by Gasteiger charge is 2.49. The fraction of sp³-hybridized carbons (Fsp3) is 0.429. The highest BCUT2D eigenvalue weighted by molar-refractivity contribution is 7.15. The molecule has 0 fully saturated rings. The van der Waals surface area contributed by atoms with Crippen molar-refractivity contribution in [1.29, 1.82) is 5.26 Å². The number of nitrogens with zero attached hydrogens (tertiary/aromatic N) is 2. The van der Waals surface area contributed by atoms with Gasteiger partial charge in [-0.15, -0.1) is 11.3 Å². The summed E-state index contributed by atoms with van der Waals surface area (Å²) in [7, 11) is 0. The maximum Gasteiger partial charge on any atom is 0.180 e. The molecule has 1 aromatic heterocycles. The summed E-state index contributed by atoms with van der Waals surface area (Å²) in [5.74, 6) is 0. The van der Waals surface area contributed by atoms with Gasteiger partial charge in [0.15, 0.2) is 5.13 Å². The molecule has 0 aliphatic heterocycles. The molecule has 4 N–H and O–H groups in total. The molecule has 1 aromatic rings. The van der Waals surface area contributed by atoms with Crippen LogP contribution in [0, 0.1) is 16.7 Å². The van der Waals surface area contributed by atoms with Gasteiger partial charge in [-0.25, -0.2) is 4.98 Å². The maximum atomic E-state index is 9.66. The SMILES string of the molecule is N#CC1(C2(N)CCc3nc(N)sc3C2)C=CC=CC1. The second-order valence-electron chi connectivity index (χ2n) is 5.33. The average molecular weight is 272 g/mol. The van der Waals surface area contributed by atoms with Gasteiger partial charge in [0.2, 0.25) is 0 Å². The number of anilines is 1. The van der Waals surface area contributed by atoms with Crippen molar-refractivity contribution in [1.82, 2.24) is 4.98 Å². The molecule has 0 radical (unpaired) electrons. The smallest absolute Gasteiger partial charge is 0.180 e. The number of hydrogen-bond donors (Lipinski definition) is 2. The molecule has 0 amide bonds. The van der Waals surface area contributed by atoms with Gasteiger partial charge in [0.05, 0.1) is 17.2 Å². The Morgan fingerprint density at radius 3 is 2.95 bits per heavy atom. The van der Waals surface area contributed by atoms with E-state index in [0.29, 0.717) is 18.0 Å². The average Bonchev–Trinajstić information content (AvgIpc) is 2.78.